The summed E-state index contributed by atoms with van der Waals surface area (Å²) in [4.78, 5) is 95.3. The van der Waals surface area contributed by atoms with E-state index in [-0.39, 0.29) is 77.0 Å². The predicted octanol–water partition coefficient (Wildman–Crippen LogP) is 12.8. The summed E-state index contributed by atoms with van der Waals surface area (Å²) in [7, 11) is 7.66. The van der Waals surface area contributed by atoms with E-state index in [1.807, 2.05) is 107 Å². The molecule has 6 aliphatic heterocycles. The molecule has 1 unspecified atom stereocenters. The van der Waals surface area contributed by atoms with Gasteiger partial charge in [-0.1, -0.05) is 119 Å². The van der Waals surface area contributed by atoms with Crippen LogP contribution in [0, 0.1) is 47.3 Å². The van der Waals surface area contributed by atoms with Crippen molar-refractivity contribution in [2.75, 3.05) is 120 Å². The standard InChI is InChI=1S/C12H23NO.C11H22N2O.C11H19NO2.C11H21NO.C9H17NO.C8H15NO.C5H13NO.4CH4/c1-11(2)12(14)7-6-10-13-8-4-3-5-9-13;1-9(2)11(14)13(4)10-5-7-12(3)8-6-10;1-9(2)10(13)5-3-7-12-8-4-6-11(12)14;1-10(2)11(13)6-5-9-12-7-3-4-8-12;1-7(2)9(11)5-8-3-4-10-6-8;1-6(2)8(10)3-7-4-9-5-7;1-5(2)6(3)7-4;;;;/h11H,3-10H2,1-2H3;9-10H,5-8H2,1-4H3;9H,3-8H2,1-2H3;10H,3-9H2,1-2H3;7-8,10H,3-6H2,1-2H3;6-7,9H,3-5H2,1-2H3;5H,1-4H3;4*1H4. The molecular weight excluding hydrogens is 1090 g/mol. The van der Waals surface area contributed by atoms with Gasteiger partial charge in [-0.2, -0.15) is 5.06 Å². The van der Waals surface area contributed by atoms with Crippen LogP contribution in [0.15, 0.2) is 0 Å². The van der Waals surface area contributed by atoms with Gasteiger partial charge < -0.3 is 40.0 Å². The number of nitrogens with zero attached hydrogens (tertiary/aromatic N) is 6. The third-order valence-electron chi connectivity index (χ3n) is 16.8. The third-order valence-corrected chi connectivity index (χ3v) is 16.8. The Hall–Kier alpha value is -2.99. The molecule has 16 heteroatoms. The molecule has 0 aliphatic carbocycles. The zero-order valence-electron chi connectivity index (χ0n) is 56.9. The van der Waals surface area contributed by atoms with E-state index < -0.39 is 0 Å². The van der Waals surface area contributed by atoms with Crippen molar-refractivity contribution in [2.24, 2.45) is 47.3 Å². The Kier molecular flexibility index (Phi) is 58.3. The summed E-state index contributed by atoms with van der Waals surface area (Å²) in [5.74, 6) is 4.87. The van der Waals surface area contributed by atoms with E-state index in [0.29, 0.717) is 65.7 Å². The van der Waals surface area contributed by atoms with Crippen LogP contribution in [0.3, 0.4) is 0 Å². The lowest BCUT2D eigenvalue weighted by molar-refractivity contribution is -0.136. The number of rotatable bonds is 25. The van der Waals surface area contributed by atoms with E-state index in [9.17, 15) is 33.6 Å². The molecule has 6 saturated heterocycles. The second-order valence-corrected chi connectivity index (χ2v) is 26.6. The highest BCUT2D eigenvalue weighted by Crippen LogP contribution is 2.18. The molecule has 0 saturated carbocycles. The van der Waals surface area contributed by atoms with Gasteiger partial charge in [0.15, 0.2) is 0 Å². The first-order chi connectivity index (χ1) is 39.1. The van der Waals surface area contributed by atoms with Crippen LogP contribution in [0.25, 0.3) is 0 Å². The van der Waals surface area contributed by atoms with Crippen molar-refractivity contribution < 1.29 is 38.4 Å². The van der Waals surface area contributed by atoms with Crippen LogP contribution < -0.4 is 10.6 Å². The van der Waals surface area contributed by atoms with Crippen molar-refractivity contribution in [3.63, 3.8) is 0 Å². The first-order valence-electron chi connectivity index (χ1n) is 33.1. The fraction of sp³-hybridized carbons (Fsp3) is 0.901. The van der Waals surface area contributed by atoms with E-state index in [4.69, 9.17) is 4.84 Å². The van der Waals surface area contributed by atoms with Gasteiger partial charge in [0.25, 0.3) is 0 Å². The molecule has 0 aromatic heterocycles. The molecule has 0 aromatic carbocycles. The lowest BCUT2D eigenvalue weighted by Crippen LogP contribution is -2.45. The second kappa shape index (κ2) is 54.7. The molecule has 0 spiro atoms. The van der Waals surface area contributed by atoms with Crippen LogP contribution in [0.2, 0.25) is 0 Å². The molecule has 0 radical (unpaired) electrons. The maximum absolute atomic E-state index is 11.7. The minimum atomic E-state index is 0. The Morgan fingerprint density at radius 1 is 0.494 bits per heavy atom. The number of piperidine rings is 2. The monoisotopic (exact) mass is 1240 g/mol. The van der Waals surface area contributed by atoms with Gasteiger partial charge in [-0.05, 0) is 182 Å². The van der Waals surface area contributed by atoms with Crippen molar-refractivity contribution in [3.05, 3.63) is 0 Å². The first kappa shape index (κ1) is 92.7. The molecular formula is C71H146N8O8. The molecule has 6 heterocycles. The molecule has 6 aliphatic rings. The molecule has 87 heavy (non-hydrogen) atoms. The summed E-state index contributed by atoms with van der Waals surface area (Å²) in [6.45, 7) is 43.1. The van der Waals surface area contributed by atoms with E-state index >= 15 is 0 Å². The second-order valence-electron chi connectivity index (χ2n) is 26.6. The summed E-state index contributed by atoms with van der Waals surface area (Å²) in [6, 6.07) is 0.936. The van der Waals surface area contributed by atoms with Gasteiger partial charge in [0.2, 0.25) is 11.8 Å². The van der Waals surface area contributed by atoms with Crippen LogP contribution in [-0.2, 0) is 38.4 Å². The number of carbonyl (C=O) groups excluding carboxylic acids is 7. The lowest BCUT2D eigenvalue weighted by atomic mass is 9.92. The van der Waals surface area contributed by atoms with Gasteiger partial charge in [0.1, 0.15) is 28.9 Å². The highest BCUT2D eigenvalue weighted by molar-refractivity contribution is 5.82. The summed E-state index contributed by atoms with van der Waals surface area (Å²) < 4.78 is 0. The van der Waals surface area contributed by atoms with Gasteiger partial charge >= 0.3 is 0 Å². The average Bonchev–Trinajstić information content (AvgIpc) is 4.41. The number of carbonyl (C=O) groups is 7. The number of hydrogen-bond acceptors (Lipinski definition) is 14. The molecule has 6 fully saturated rings. The molecule has 0 bridgehead atoms. The average molecular weight is 1240 g/mol. The highest BCUT2D eigenvalue weighted by atomic mass is 16.7. The molecule has 2 N–H and O–H groups in total. The normalized spacial score (nSPS) is 17.9. The first-order valence-corrected chi connectivity index (χ1v) is 33.1. The zero-order valence-corrected chi connectivity index (χ0v) is 56.9. The summed E-state index contributed by atoms with van der Waals surface area (Å²) in [5, 5.41) is 8.21. The van der Waals surface area contributed by atoms with Crippen LogP contribution in [0.1, 0.15) is 242 Å². The fourth-order valence-electron chi connectivity index (χ4n) is 10.00. The number of amides is 2. The largest absolute Gasteiger partial charge is 0.343 e. The molecule has 16 nitrogen and oxygen atoms in total. The smallest absolute Gasteiger partial charge is 0.225 e. The van der Waals surface area contributed by atoms with E-state index in [2.05, 4.69) is 46.2 Å². The van der Waals surface area contributed by atoms with Gasteiger partial charge in [-0.25, -0.2) is 0 Å². The Labute approximate surface area is 538 Å². The van der Waals surface area contributed by atoms with Crippen LogP contribution >= 0.6 is 0 Å². The van der Waals surface area contributed by atoms with Crippen molar-refractivity contribution in [1.82, 2.24) is 40.2 Å². The third kappa shape index (κ3) is 45.8. The number of ketones is 5. The Morgan fingerprint density at radius 3 is 1.20 bits per heavy atom. The Bertz CT molecular complexity index is 1750. The van der Waals surface area contributed by atoms with Crippen LogP contribution in [0.5, 0.6) is 0 Å². The number of hydroxylamine groups is 2. The van der Waals surface area contributed by atoms with E-state index in [1.165, 1.54) is 64.7 Å². The fourth-order valence-corrected chi connectivity index (χ4v) is 10.00. The zero-order chi connectivity index (χ0) is 63.0. The quantitative estimate of drug-likeness (QED) is 0.0827. The van der Waals surface area contributed by atoms with Gasteiger partial charge in [0.05, 0.1) is 7.11 Å². The molecule has 518 valence electrons. The molecule has 6 rings (SSSR count). The van der Waals surface area contributed by atoms with Crippen LogP contribution in [-0.4, -0.2) is 202 Å². The van der Waals surface area contributed by atoms with Gasteiger partial charge in [0, 0.05) is 113 Å². The molecule has 1 atom stereocenters. The predicted molar refractivity (Wildman–Crippen MR) is 370 cm³/mol. The molecule has 0 aromatic rings. The minimum Gasteiger partial charge on any atom is -0.343 e. The van der Waals surface area contributed by atoms with Gasteiger partial charge in [-0.15, -0.1) is 0 Å². The summed E-state index contributed by atoms with van der Waals surface area (Å²) >= 11 is 0. The van der Waals surface area contributed by atoms with Gasteiger partial charge in [-0.3, -0.25) is 33.6 Å². The topological polar surface area (TPSA) is 172 Å². The van der Waals surface area contributed by atoms with Crippen molar-refractivity contribution >= 4 is 40.7 Å². The maximum atomic E-state index is 11.7. The number of hydrogen-bond donors (Lipinski definition) is 2. The number of nitrogens with one attached hydrogen (secondary N) is 2. The number of Topliss-reactive ketones (excluding diaryl/α,β-unsaturated/α-hetero) is 5. The Morgan fingerprint density at radius 2 is 0.885 bits per heavy atom. The minimum absolute atomic E-state index is 0. The highest BCUT2D eigenvalue weighted by Gasteiger charge is 2.26. The Balaban J connectivity index is -0.000000301. The van der Waals surface area contributed by atoms with Crippen LogP contribution in [0.4, 0.5) is 0 Å². The van der Waals surface area contributed by atoms with Crippen molar-refractivity contribution in [1.29, 1.82) is 0 Å². The summed E-state index contributed by atoms with van der Waals surface area (Å²) in [5.41, 5.74) is 0. The molecule has 2 amide bonds. The van der Waals surface area contributed by atoms with Crippen molar-refractivity contribution in [3.8, 4) is 0 Å². The van der Waals surface area contributed by atoms with E-state index in [1.54, 1.807) is 12.2 Å². The summed E-state index contributed by atoms with van der Waals surface area (Å²) in [6.07, 6.45) is 18.5. The number of likely N-dealkylation sites (tertiary alicyclic amines) is 4. The van der Waals surface area contributed by atoms with Crippen molar-refractivity contribution in [2.45, 2.75) is 254 Å². The SMILES string of the molecule is C.C.C.C.CC(C)C(=O)CC1CCNC1.CC(C)C(=O)CC1CNC1.CC(C)C(=O)CCCN1CCCC1.CC(C)C(=O)CCCN1CCCC1=O.CC(C)C(=O)CCCN1CCCCC1.CC(C)C(=O)N(C)C1CCN(C)CC1.CON(C)C(C)C. The van der Waals surface area contributed by atoms with E-state index in [0.717, 1.165) is 130 Å². The lowest BCUT2D eigenvalue weighted by Gasteiger charge is -2.35. The maximum Gasteiger partial charge on any atom is 0.225 e.